The first-order chi connectivity index (χ1) is 8.62. The van der Waals surface area contributed by atoms with Crippen LogP contribution >= 0.6 is 0 Å². The number of halogens is 1. The zero-order chi connectivity index (χ0) is 13.5. The summed E-state index contributed by atoms with van der Waals surface area (Å²) in [7, 11) is 1.49. The first-order valence-corrected chi connectivity index (χ1v) is 6.69. The molecule has 0 aliphatic carbocycles. The van der Waals surface area contributed by atoms with E-state index < -0.39 is 0 Å². The molecule has 2 nitrogen and oxygen atoms in total. The maximum atomic E-state index is 13.3. The van der Waals surface area contributed by atoms with Gasteiger partial charge in [0.25, 0.3) is 0 Å². The fourth-order valence-electron chi connectivity index (χ4n) is 1.98. The van der Waals surface area contributed by atoms with E-state index in [4.69, 9.17) is 4.74 Å². The van der Waals surface area contributed by atoms with Crippen LogP contribution in [0.4, 0.5) is 4.39 Å². The summed E-state index contributed by atoms with van der Waals surface area (Å²) in [5.74, 6) is 0.701. The molecule has 1 unspecified atom stereocenters. The molecule has 0 radical (unpaired) electrons. The molecule has 0 spiro atoms. The first kappa shape index (κ1) is 15.0. The van der Waals surface area contributed by atoms with Crippen LogP contribution in [0.1, 0.15) is 45.2 Å². The Morgan fingerprint density at radius 3 is 2.50 bits per heavy atom. The molecule has 3 heteroatoms. The van der Waals surface area contributed by atoms with Gasteiger partial charge in [0, 0.05) is 6.04 Å². The molecule has 0 fully saturated rings. The zero-order valence-corrected chi connectivity index (χ0v) is 11.8. The van der Waals surface area contributed by atoms with E-state index in [1.54, 1.807) is 6.07 Å². The highest BCUT2D eigenvalue weighted by Crippen LogP contribution is 2.22. The van der Waals surface area contributed by atoms with Crippen LogP contribution in [0.5, 0.6) is 5.75 Å². The smallest absolute Gasteiger partial charge is 0.165 e. The molecular weight excluding hydrogens is 229 g/mol. The number of hydrogen-bond acceptors (Lipinski definition) is 2. The van der Waals surface area contributed by atoms with Gasteiger partial charge in [0.15, 0.2) is 11.6 Å². The van der Waals surface area contributed by atoms with Gasteiger partial charge in [-0.3, -0.25) is 0 Å². The highest BCUT2D eigenvalue weighted by atomic mass is 19.1. The lowest BCUT2D eigenvalue weighted by Gasteiger charge is -2.19. The summed E-state index contributed by atoms with van der Waals surface area (Å²) in [6, 6.07) is 5.24. The summed E-state index contributed by atoms with van der Waals surface area (Å²) < 4.78 is 18.3. The van der Waals surface area contributed by atoms with Crippen molar-refractivity contribution in [2.75, 3.05) is 13.7 Å². The Morgan fingerprint density at radius 2 is 1.94 bits per heavy atom. The molecule has 1 rings (SSSR count). The SMILES string of the molecule is CCC(CC)CNC(C)c1ccc(F)c(OC)c1. The van der Waals surface area contributed by atoms with Crippen LogP contribution in [-0.2, 0) is 0 Å². The fraction of sp³-hybridized carbons (Fsp3) is 0.600. The molecule has 0 saturated heterocycles. The Kier molecular flexibility index (Phi) is 6.13. The highest BCUT2D eigenvalue weighted by molar-refractivity contribution is 5.31. The molecule has 102 valence electrons. The third-order valence-corrected chi connectivity index (χ3v) is 3.54. The standard InChI is InChI=1S/C15H24FNO/c1-5-12(6-2)10-17-11(3)13-7-8-14(16)15(9-13)18-4/h7-9,11-12,17H,5-6,10H2,1-4H3. The lowest BCUT2D eigenvalue weighted by molar-refractivity contribution is 0.383. The molecule has 0 bridgehead atoms. The summed E-state index contributed by atoms with van der Waals surface area (Å²) in [6.45, 7) is 7.51. The Balaban J connectivity index is 2.63. The highest BCUT2D eigenvalue weighted by Gasteiger charge is 2.11. The number of methoxy groups -OCH3 is 1. The van der Waals surface area contributed by atoms with Gasteiger partial charge in [0.05, 0.1) is 7.11 Å². The van der Waals surface area contributed by atoms with Gasteiger partial charge < -0.3 is 10.1 Å². The second-order valence-corrected chi connectivity index (χ2v) is 4.71. The van der Waals surface area contributed by atoms with Crippen molar-refractivity contribution in [2.45, 2.75) is 39.7 Å². The monoisotopic (exact) mass is 253 g/mol. The zero-order valence-electron chi connectivity index (χ0n) is 11.8. The topological polar surface area (TPSA) is 21.3 Å². The van der Waals surface area contributed by atoms with E-state index in [0.717, 1.165) is 12.1 Å². The Labute approximate surface area is 110 Å². The van der Waals surface area contributed by atoms with E-state index >= 15 is 0 Å². The Morgan fingerprint density at radius 1 is 1.28 bits per heavy atom. The van der Waals surface area contributed by atoms with Crippen LogP contribution in [0, 0.1) is 11.7 Å². The van der Waals surface area contributed by atoms with Crippen molar-refractivity contribution in [1.29, 1.82) is 0 Å². The third-order valence-electron chi connectivity index (χ3n) is 3.54. The third kappa shape index (κ3) is 3.98. The number of hydrogen-bond donors (Lipinski definition) is 1. The second-order valence-electron chi connectivity index (χ2n) is 4.71. The number of benzene rings is 1. The maximum Gasteiger partial charge on any atom is 0.165 e. The van der Waals surface area contributed by atoms with Gasteiger partial charge in [-0.05, 0) is 37.1 Å². The van der Waals surface area contributed by atoms with Crippen LogP contribution in [0.15, 0.2) is 18.2 Å². The van der Waals surface area contributed by atoms with Crippen LogP contribution in [0.25, 0.3) is 0 Å². The van der Waals surface area contributed by atoms with Crippen molar-refractivity contribution in [1.82, 2.24) is 5.32 Å². The van der Waals surface area contributed by atoms with Crippen LogP contribution in [-0.4, -0.2) is 13.7 Å². The predicted molar refractivity (Wildman–Crippen MR) is 73.4 cm³/mol. The quantitative estimate of drug-likeness (QED) is 0.795. The molecule has 1 aromatic rings. The predicted octanol–water partition coefficient (Wildman–Crippen LogP) is 3.92. The molecule has 1 N–H and O–H groups in total. The lowest BCUT2D eigenvalue weighted by atomic mass is 10.0. The fourth-order valence-corrected chi connectivity index (χ4v) is 1.98. The van der Waals surface area contributed by atoms with Gasteiger partial charge >= 0.3 is 0 Å². The molecule has 0 amide bonds. The second kappa shape index (κ2) is 7.37. The molecule has 0 aliphatic heterocycles. The van der Waals surface area contributed by atoms with Crippen molar-refractivity contribution < 1.29 is 9.13 Å². The van der Waals surface area contributed by atoms with Crippen molar-refractivity contribution in [3.8, 4) is 5.75 Å². The maximum absolute atomic E-state index is 13.3. The van der Waals surface area contributed by atoms with E-state index in [2.05, 4.69) is 26.1 Å². The van der Waals surface area contributed by atoms with Crippen LogP contribution in [0.2, 0.25) is 0 Å². The molecule has 0 saturated carbocycles. The number of rotatable bonds is 7. The minimum atomic E-state index is -0.312. The van der Waals surface area contributed by atoms with Crippen molar-refractivity contribution >= 4 is 0 Å². The molecule has 0 aliphatic rings. The summed E-state index contributed by atoms with van der Waals surface area (Å²) in [5.41, 5.74) is 1.05. The van der Waals surface area contributed by atoms with Gasteiger partial charge in [-0.2, -0.15) is 0 Å². The van der Waals surface area contributed by atoms with Gasteiger partial charge in [0.2, 0.25) is 0 Å². The van der Waals surface area contributed by atoms with Crippen LogP contribution in [0.3, 0.4) is 0 Å². The van der Waals surface area contributed by atoms with E-state index in [0.29, 0.717) is 11.7 Å². The largest absolute Gasteiger partial charge is 0.494 e. The molecule has 1 atom stereocenters. The summed E-state index contributed by atoms with van der Waals surface area (Å²) >= 11 is 0. The van der Waals surface area contributed by atoms with Crippen molar-refractivity contribution in [2.24, 2.45) is 5.92 Å². The van der Waals surface area contributed by atoms with Crippen molar-refractivity contribution in [3.05, 3.63) is 29.6 Å². The molecule has 1 aromatic carbocycles. The molecule has 0 heterocycles. The van der Waals surface area contributed by atoms with Gasteiger partial charge in [-0.15, -0.1) is 0 Å². The normalized spacial score (nSPS) is 12.8. The van der Waals surface area contributed by atoms with E-state index in [9.17, 15) is 4.39 Å². The number of nitrogens with one attached hydrogen (secondary N) is 1. The van der Waals surface area contributed by atoms with E-state index in [1.165, 1.54) is 26.0 Å². The molecule has 0 aromatic heterocycles. The molecular formula is C15H24FNO. The Hall–Kier alpha value is -1.09. The summed E-state index contributed by atoms with van der Waals surface area (Å²) in [4.78, 5) is 0. The average Bonchev–Trinajstić information content (AvgIpc) is 2.40. The molecule has 18 heavy (non-hydrogen) atoms. The van der Waals surface area contributed by atoms with Crippen molar-refractivity contribution in [3.63, 3.8) is 0 Å². The summed E-state index contributed by atoms with van der Waals surface area (Å²) in [6.07, 6.45) is 2.37. The summed E-state index contributed by atoms with van der Waals surface area (Å²) in [5, 5.41) is 3.49. The van der Waals surface area contributed by atoms with Gasteiger partial charge in [-0.1, -0.05) is 32.8 Å². The van der Waals surface area contributed by atoms with Gasteiger partial charge in [0.1, 0.15) is 0 Å². The average molecular weight is 253 g/mol. The van der Waals surface area contributed by atoms with Crippen LogP contribution < -0.4 is 10.1 Å². The minimum absolute atomic E-state index is 0.208. The van der Waals surface area contributed by atoms with E-state index in [1.807, 2.05) is 6.07 Å². The first-order valence-electron chi connectivity index (χ1n) is 6.69. The lowest BCUT2D eigenvalue weighted by Crippen LogP contribution is -2.25. The minimum Gasteiger partial charge on any atom is -0.494 e. The van der Waals surface area contributed by atoms with E-state index in [-0.39, 0.29) is 11.9 Å². The Bertz CT molecular complexity index is 364. The van der Waals surface area contributed by atoms with Gasteiger partial charge in [-0.25, -0.2) is 4.39 Å². The number of ether oxygens (including phenoxy) is 1.